The van der Waals surface area contributed by atoms with Crippen LogP contribution >= 0.6 is 11.3 Å². The molecule has 1 saturated heterocycles. The summed E-state index contributed by atoms with van der Waals surface area (Å²) in [6.45, 7) is 0.701. The molecule has 0 spiro atoms. The van der Waals surface area contributed by atoms with Gasteiger partial charge in [-0.3, -0.25) is 9.59 Å². The van der Waals surface area contributed by atoms with Crippen LogP contribution < -0.4 is 5.32 Å². The molecule has 2 aliphatic rings. The molecule has 3 rings (SSSR count). The molecule has 0 radical (unpaired) electrons. The van der Waals surface area contributed by atoms with Crippen LogP contribution in [0.5, 0.6) is 0 Å². The first-order valence-corrected chi connectivity index (χ1v) is 6.34. The number of anilines is 1. The van der Waals surface area contributed by atoms with E-state index >= 15 is 0 Å². The number of carbonyl (C=O) groups excluding carboxylic acids is 2. The Morgan fingerprint density at radius 1 is 1.38 bits per heavy atom. The number of hydrogen-bond donors (Lipinski definition) is 1. The highest BCUT2D eigenvalue weighted by Crippen LogP contribution is 2.31. The Morgan fingerprint density at radius 3 is 3.12 bits per heavy atom. The molecule has 1 N–H and O–H groups in total. The summed E-state index contributed by atoms with van der Waals surface area (Å²) in [5.74, 6) is -0.0337. The second kappa shape index (κ2) is 3.59. The number of fused-ring (bicyclic) bond motifs is 2. The minimum atomic E-state index is -0.263. The normalized spacial score (nSPS) is 24.5. The van der Waals surface area contributed by atoms with E-state index in [1.165, 1.54) is 11.3 Å². The molecule has 1 atom stereocenters. The lowest BCUT2D eigenvalue weighted by atomic mass is 10.0. The quantitative estimate of drug-likeness (QED) is 0.745. The molecule has 0 bridgehead atoms. The summed E-state index contributed by atoms with van der Waals surface area (Å²) in [6.07, 6.45) is 2.80. The maximum absolute atomic E-state index is 12.2. The number of nitrogens with zero attached hydrogens (tertiary/aromatic N) is 1. The van der Waals surface area contributed by atoms with Crippen molar-refractivity contribution in [2.75, 3.05) is 11.9 Å². The van der Waals surface area contributed by atoms with Crippen molar-refractivity contribution in [3.63, 3.8) is 0 Å². The Bertz CT molecular complexity index is 455. The first-order chi connectivity index (χ1) is 7.77. The van der Waals surface area contributed by atoms with Gasteiger partial charge in [-0.2, -0.15) is 0 Å². The number of thiophene rings is 1. The topological polar surface area (TPSA) is 49.4 Å². The fourth-order valence-electron chi connectivity index (χ4n) is 2.37. The molecule has 16 heavy (non-hydrogen) atoms. The second-order valence-electron chi connectivity index (χ2n) is 4.16. The van der Waals surface area contributed by atoms with E-state index in [0.29, 0.717) is 17.1 Å². The Balaban J connectivity index is 2.05. The van der Waals surface area contributed by atoms with Crippen molar-refractivity contribution >= 4 is 28.2 Å². The molecule has 1 aromatic rings. The predicted molar refractivity (Wildman–Crippen MR) is 61.6 cm³/mol. The molecule has 0 aliphatic carbocycles. The van der Waals surface area contributed by atoms with Gasteiger partial charge in [0.1, 0.15) is 11.0 Å². The smallest absolute Gasteiger partial charge is 0.257 e. The van der Waals surface area contributed by atoms with E-state index in [0.717, 1.165) is 19.3 Å². The zero-order chi connectivity index (χ0) is 11.1. The highest BCUT2D eigenvalue weighted by atomic mass is 32.1. The van der Waals surface area contributed by atoms with Gasteiger partial charge in [-0.25, -0.2) is 0 Å². The number of carbonyl (C=O) groups is 2. The van der Waals surface area contributed by atoms with Crippen molar-refractivity contribution in [1.29, 1.82) is 0 Å². The van der Waals surface area contributed by atoms with Gasteiger partial charge in [-0.05, 0) is 30.7 Å². The molecule has 1 unspecified atom stereocenters. The van der Waals surface area contributed by atoms with Crippen LogP contribution in [0, 0.1) is 0 Å². The summed E-state index contributed by atoms with van der Waals surface area (Å²) < 4.78 is 0. The fraction of sp³-hybridized carbons (Fsp3) is 0.455. The van der Waals surface area contributed by atoms with E-state index in [1.807, 2.05) is 5.38 Å². The molecule has 0 aromatic carbocycles. The zero-order valence-corrected chi connectivity index (χ0v) is 9.55. The lowest BCUT2D eigenvalue weighted by Crippen LogP contribution is -2.48. The minimum Gasteiger partial charge on any atom is -0.327 e. The third-order valence-electron chi connectivity index (χ3n) is 3.20. The molecule has 84 valence electrons. The lowest BCUT2D eigenvalue weighted by molar-refractivity contribution is -0.121. The van der Waals surface area contributed by atoms with Gasteiger partial charge in [0.05, 0.1) is 5.56 Å². The highest BCUT2D eigenvalue weighted by molar-refractivity contribution is 7.14. The molecule has 1 fully saturated rings. The van der Waals surface area contributed by atoms with Gasteiger partial charge in [0.2, 0.25) is 5.91 Å². The van der Waals surface area contributed by atoms with Crippen LogP contribution in [0.25, 0.3) is 0 Å². The van der Waals surface area contributed by atoms with Crippen LogP contribution in [-0.4, -0.2) is 29.3 Å². The molecule has 2 amide bonds. The van der Waals surface area contributed by atoms with E-state index in [-0.39, 0.29) is 17.9 Å². The lowest BCUT2D eigenvalue weighted by Gasteiger charge is -2.32. The zero-order valence-electron chi connectivity index (χ0n) is 8.73. The summed E-state index contributed by atoms with van der Waals surface area (Å²) >= 11 is 1.41. The van der Waals surface area contributed by atoms with Gasteiger partial charge in [0.25, 0.3) is 5.91 Å². The molecule has 2 aliphatic heterocycles. The van der Waals surface area contributed by atoms with Crippen LogP contribution in [0.4, 0.5) is 5.00 Å². The van der Waals surface area contributed by atoms with Crippen molar-refractivity contribution in [3.8, 4) is 0 Å². The molecule has 1 aromatic heterocycles. The van der Waals surface area contributed by atoms with Gasteiger partial charge >= 0.3 is 0 Å². The van der Waals surface area contributed by atoms with Crippen molar-refractivity contribution < 1.29 is 9.59 Å². The molecular formula is C11H12N2O2S. The standard InChI is InChI=1S/C11H12N2O2S/c14-9-8-3-1-2-5-13(8)11(15)7-4-6-16-10(7)12-9/h4,6,8H,1-3,5H2,(H,12,14). The van der Waals surface area contributed by atoms with Gasteiger partial charge in [0.15, 0.2) is 0 Å². The van der Waals surface area contributed by atoms with Crippen molar-refractivity contribution in [2.24, 2.45) is 0 Å². The molecule has 3 heterocycles. The van der Waals surface area contributed by atoms with Crippen molar-refractivity contribution in [3.05, 3.63) is 17.0 Å². The first kappa shape index (κ1) is 9.84. The van der Waals surface area contributed by atoms with Crippen LogP contribution in [0.15, 0.2) is 11.4 Å². The minimum absolute atomic E-state index is 0.000648. The number of amides is 2. The third-order valence-corrected chi connectivity index (χ3v) is 4.03. The summed E-state index contributed by atoms with van der Waals surface area (Å²) in [6, 6.07) is 1.53. The molecule has 4 nitrogen and oxygen atoms in total. The summed E-state index contributed by atoms with van der Waals surface area (Å²) in [5.41, 5.74) is 0.641. The highest BCUT2D eigenvalue weighted by Gasteiger charge is 2.36. The SMILES string of the molecule is O=C1Nc2sccc2C(=O)N2CCCCC12. The maximum atomic E-state index is 12.2. The van der Waals surface area contributed by atoms with Crippen LogP contribution in [-0.2, 0) is 4.79 Å². The maximum Gasteiger partial charge on any atom is 0.257 e. The summed E-state index contributed by atoms with van der Waals surface area (Å²) in [7, 11) is 0. The Morgan fingerprint density at radius 2 is 2.25 bits per heavy atom. The molecule has 0 saturated carbocycles. The number of piperidine rings is 1. The van der Waals surface area contributed by atoms with E-state index in [4.69, 9.17) is 0 Å². The third kappa shape index (κ3) is 1.35. The average molecular weight is 236 g/mol. The summed E-state index contributed by atoms with van der Waals surface area (Å²) in [5, 5.41) is 5.39. The summed E-state index contributed by atoms with van der Waals surface area (Å²) in [4.78, 5) is 25.9. The van der Waals surface area contributed by atoms with Crippen molar-refractivity contribution in [1.82, 2.24) is 4.90 Å². The van der Waals surface area contributed by atoms with Gasteiger partial charge < -0.3 is 10.2 Å². The fourth-order valence-corrected chi connectivity index (χ4v) is 3.15. The van der Waals surface area contributed by atoms with E-state index < -0.39 is 0 Å². The van der Waals surface area contributed by atoms with E-state index in [1.54, 1.807) is 11.0 Å². The number of rotatable bonds is 0. The Labute approximate surface area is 97.2 Å². The molecule has 5 heteroatoms. The van der Waals surface area contributed by atoms with Gasteiger partial charge in [-0.1, -0.05) is 0 Å². The van der Waals surface area contributed by atoms with Crippen LogP contribution in [0.2, 0.25) is 0 Å². The van der Waals surface area contributed by atoms with Crippen LogP contribution in [0.3, 0.4) is 0 Å². The Hall–Kier alpha value is -1.36. The van der Waals surface area contributed by atoms with E-state index in [2.05, 4.69) is 5.32 Å². The van der Waals surface area contributed by atoms with E-state index in [9.17, 15) is 9.59 Å². The second-order valence-corrected chi connectivity index (χ2v) is 5.08. The monoisotopic (exact) mass is 236 g/mol. The van der Waals surface area contributed by atoms with Crippen molar-refractivity contribution in [2.45, 2.75) is 25.3 Å². The first-order valence-electron chi connectivity index (χ1n) is 5.47. The Kier molecular flexibility index (Phi) is 2.21. The van der Waals surface area contributed by atoms with Gasteiger partial charge in [0, 0.05) is 6.54 Å². The van der Waals surface area contributed by atoms with Crippen LogP contribution in [0.1, 0.15) is 29.6 Å². The number of nitrogens with one attached hydrogen (secondary N) is 1. The largest absolute Gasteiger partial charge is 0.327 e. The molecular weight excluding hydrogens is 224 g/mol. The van der Waals surface area contributed by atoms with Gasteiger partial charge in [-0.15, -0.1) is 11.3 Å². The number of hydrogen-bond acceptors (Lipinski definition) is 3. The predicted octanol–water partition coefficient (Wildman–Crippen LogP) is 1.69. The average Bonchev–Trinajstić information content (AvgIpc) is 2.72.